The van der Waals surface area contributed by atoms with Crippen molar-refractivity contribution in [1.29, 1.82) is 0 Å². The largest absolute Gasteiger partial charge is 0.326 e. The summed E-state index contributed by atoms with van der Waals surface area (Å²) in [6.07, 6.45) is 4.80. The second kappa shape index (κ2) is 8.54. The van der Waals surface area contributed by atoms with Gasteiger partial charge >= 0.3 is 0 Å². The third-order valence-corrected chi connectivity index (χ3v) is 6.34. The van der Waals surface area contributed by atoms with Gasteiger partial charge in [-0.15, -0.1) is 10.2 Å². The van der Waals surface area contributed by atoms with Gasteiger partial charge < -0.3 is 9.88 Å². The molecular weight excluding hydrogens is 398 g/mol. The number of nitrogens with zero attached hydrogens (tertiary/aromatic N) is 4. The van der Waals surface area contributed by atoms with Gasteiger partial charge in [0.15, 0.2) is 5.82 Å². The third kappa shape index (κ3) is 3.88. The van der Waals surface area contributed by atoms with Crippen LogP contribution in [-0.4, -0.2) is 25.7 Å². The zero-order valence-electron chi connectivity index (χ0n) is 18.6. The summed E-state index contributed by atoms with van der Waals surface area (Å²) in [5, 5.41) is 13.0. The van der Waals surface area contributed by atoms with Crippen LogP contribution in [0.4, 0.5) is 5.69 Å². The van der Waals surface area contributed by atoms with Gasteiger partial charge in [-0.3, -0.25) is 9.78 Å². The summed E-state index contributed by atoms with van der Waals surface area (Å²) in [5.41, 5.74) is 5.71. The minimum atomic E-state index is -0.0505. The van der Waals surface area contributed by atoms with Crippen LogP contribution in [-0.2, 0) is 24.2 Å². The third-order valence-electron chi connectivity index (χ3n) is 6.34. The predicted octanol–water partition coefficient (Wildman–Crippen LogP) is 5.02. The van der Waals surface area contributed by atoms with E-state index >= 15 is 0 Å². The molecule has 1 N–H and O–H groups in total. The second-order valence-electron chi connectivity index (χ2n) is 8.53. The second-order valence-corrected chi connectivity index (χ2v) is 8.53. The van der Waals surface area contributed by atoms with Crippen molar-refractivity contribution in [3.63, 3.8) is 0 Å². The van der Waals surface area contributed by atoms with Gasteiger partial charge in [0, 0.05) is 35.3 Å². The van der Waals surface area contributed by atoms with E-state index in [4.69, 9.17) is 4.98 Å². The van der Waals surface area contributed by atoms with E-state index in [0.717, 1.165) is 76.4 Å². The van der Waals surface area contributed by atoms with Crippen molar-refractivity contribution in [3.8, 4) is 11.4 Å². The molecule has 0 spiro atoms. The van der Waals surface area contributed by atoms with Gasteiger partial charge in [0.2, 0.25) is 5.91 Å². The van der Waals surface area contributed by atoms with Gasteiger partial charge in [0.1, 0.15) is 5.82 Å². The zero-order valence-corrected chi connectivity index (χ0v) is 18.6. The molecular formula is C26H27N5O. The molecule has 2 aromatic carbocycles. The van der Waals surface area contributed by atoms with E-state index in [1.165, 1.54) is 6.42 Å². The average Bonchev–Trinajstić information content (AvgIpc) is 3.05. The maximum absolute atomic E-state index is 12.9. The Labute approximate surface area is 187 Å². The molecule has 32 heavy (non-hydrogen) atoms. The number of fused-ring (bicyclic) bond motifs is 2. The standard InChI is InChI=1S/C26H27N5O/c1-17-21-11-5-6-12-23(21)27-18(2)22(17)16-25(32)28-20-10-8-9-19(15-20)26-30-29-24-13-4-3-7-14-31(24)26/h5-6,8-12,15H,3-4,7,13-14,16H2,1-2H3,(H,28,32). The van der Waals surface area contributed by atoms with Crippen molar-refractivity contribution < 1.29 is 4.79 Å². The number of hydrogen-bond acceptors (Lipinski definition) is 4. The fraction of sp³-hybridized carbons (Fsp3) is 0.308. The fourth-order valence-electron chi connectivity index (χ4n) is 4.63. The number of anilines is 1. The Kier molecular flexibility index (Phi) is 5.43. The molecule has 4 aromatic rings. The first-order valence-electron chi connectivity index (χ1n) is 11.3. The summed E-state index contributed by atoms with van der Waals surface area (Å²) in [6.45, 7) is 4.98. The first-order valence-corrected chi connectivity index (χ1v) is 11.3. The van der Waals surface area contributed by atoms with Gasteiger partial charge in [0.05, 0.1) is 11.9 Å². The molecule has 162 valence electrons. The topological polar surface area (TPSA) is 72.7 Å². The number of pyridine rings is 1. The molecule has 3 heterocycles. The summed E-state index contributed by atoms with van der Waals surface area (Å²) >= 11 is 0. The molecule has 5 rings (SSSR count). The molecule has 0 radical (unpaired) electrons. The molecule has 1 aliphatic rings. The van der Waals surface area contributed by atoms with Gasteiger partial charge in [-0.2, -0.15) is 0 Å². The zero-order chi connectivity index (χ0) is 22.1. The van der Waals surface area contributed by atoms with Gasteiger partial charge in [0.25, 0.3) is 0 Å². The van der Waals surface area contributed by atoms with Crippen molar-refractivity contribution >= 4 is 22.5 Å². The molecule has 6 heteroatoms. The highest BCUT2D eigenvalue weighted by Gasteiger charge is 2.17. The maximum Gasteiger partial charge on any atom is 0.228 e. The lowest BCUT2D eigenvalue weighted by Crippen LogP contribution is -2.16. The van der Waals surface area contributed by atoms with Crippen LogP contribution in [0.2, 0.25) is 0 Å². The molecule has 0 bridgehead atoms. The molecule has 1 aliphatic heterocycles. The van der Waals surface area contributed by atoms with Crippen LogP contribution in [0.5, 0.6) is 0 Å². The van der Waals surface area contributed by atoms with E-state index in [1.807, 2.05) is 49.4 Å². The lowest BCUT2D eigenvalue weighted by Gasteiger charge is -2.13. The highest BCUT2D eigenvalue weighted by Crippen LogP contribution is 2.26. The fourth-order valence-corrected chi connectivity index (χ4v) is 4.63. The van der Waals surface area contributed by atoms with Crippen molar-refractivity contribution in [2.24, 2.45) is 0 Å². The summed E-state index contributed by atoms with van der Waals surface area (Å²) in [6, 6.07) is 15.9. The highest BCUT2D eigenvalue weighted by molar-refractivity contribution is 5.94. The van der Waals surface area contributed by atoms with Gasteiger partial charge in [-0.05, 0) is 56.0 Å². The number of hydrogen-bond donors (Lipinski definition) is 1. The smallest absolute Gasteiger partial charge is 0.228 e. The van der Waals surface area contributed by atoms with Gasteiger partial charge in [-0.1, -0.05) is 36.8 Å². The SMILES string of the molecule is Cc1nc2ccccc2c(C)c1CC(=O)Nc1cccc(-c2nnc3n2CCCCC3)c1. The molecule has 6 nitrogen and oxygen atoms in total. The summed E-state index contributed by atoms with van der Waals surface area (Å²) in [7, 11) is 0. The van der Waals surface area contributed by atoms with Crippen molar-refractivity contribution in [3.05, 3.63) is 71.2 Å². The van der Waals surface area contributed by atoms with Crippen molar-refractivity contribution in [2.75, 3.05) is 5.32 Å². The van der Waals surface area contributed by atoms with Crippen LogP contribution in [0.1, 0.15) is 41.9 Å². The molecule has 0 saturated carbocycles. The average molecular weight is 426 g/mol. The molecule has 2 aromatic heterocycles. The van der Waals surface area contributed by atoms with E-state index < -0.39 is 0 Å². The van der Waals surface area contributed by atoms with Crippen molar-refractivity contribution in [1.82, 2.24) is 19.7 Å². The maximum atomic E-state index is 12.9. The Morgan fingerprint density at radius 2 is 1.91 bits per heavy atom. The molecule has 1 amide bonds. The number of amides is 1. The molecule has 0 atom stereocenters. The molecule has 0 saturated heterocycles. The molecule has 0 aliphatic carbocycles. The lowest BCUT2D eigenvalue weighted by molar-refractivity contribution is -0.115. The number of carbonyl (C=O) groups is 1. The summed E-state index contributed by atoms with van der Waals surface area (Å²) < 4.78 is 2.22. The molecule has 0 fully saturated rings. The minimum Gasteiger partial charge on any atom is -0.326 e. The first kappa shape index (κ1) is 20.4. The number of para-hydroxylation sites is 1. The Morgan fingerprint density at radius 1 is 1.03 bits per heavy atom. The van der Waals surface area contributed by atoms with Crippen molar-refractivity contribution in [2.45, 2.75) is 52.5 Å². The monoisotopic (exact) mass is 425 g/mol. The van der Waals surface area contributed by atoms with Crippen LogP contribution >= 0.6 is 0 Å². The van der Waals surface area contributed by atoms with E-state index in [9.17, 15) is 4.79 Å². The van der Waals surface area contributed by atoms with Crippen LogP contribution in [0.25, 0.3) is 22.3 Å². The van der Waals surface area contributed by atoms with Crippen LogP contribution in [0.3, 0.4) is 0 Å². The predicted molar refractivity (Wildman–Crippen MR) is 127 cm³/mol. The Bertz CT molecular complexity index is 1310. The van der Waals surface area contributed by atoms with Crippen LogP contribution < -0.4 is 5.32 Å². The van der Waals surface area contributed by atoms with Gasteiger partial charge in [-0.25, -0.2) is 0 Å². The highest BCUT2D eigenvalue weighted by atomic mass is 16.1. The Balaban J connectivity index is 1.37. The number of rotatable bonds is 4. The summed E-state index contributed by atoms with van der Waals surface area (Å²) in [4.78, 5) is 17.6. The summed E-state index contributed by atoms with van der Waals surface area (Å²) in [5.74, 6) is 1.88. The first-order chi connectivity index (χ1) is 15.6. The van der Waals surface area contributed by atoms with E-state index in [1.54, 1.807) is 0 Å². The van der Waals surface area contributed by atoms with E-state index in [-0.39, 0.29) is 5.91 Å². The van der Waals surface area contributed by atoms with Crippen LogP contribution in [0, 0.1) is 13.8 Å². The number of aryl methyl sites for hydroxylation is 3. The van der Waals surface area contributed by atoms with E-state index in [0.29, 0.717) is 6.42 Å². The quantitative estimate of drug-likeness (QED) is 0.498. The normalized spacial score (nSPS) is 13.6. The van der Waals surface area contributed by atoms with E-state index in [2.05, 4.69) is 33.1 Å². The Hall–Kier alpha value is -3.54. The Morgan fingerprint density at radius 3 is 2.81 bits per heavy atom. The number of nitrogens with one attached hydrogen (secondary N) is 1. The number of benzene rings is 2. The molecule has 0 unspecified atom stereocenters. The number of carbonyl (C=O) groups excluding carboxylic acids is 1. The minimum absolute atomic E-state index is 0.0505. The van der Waals surface area contributed by atoms with Crippen LogP contribution in [0.15, 0.2) is 48.5 Å². The lowest BCUT2D eigenvalue weighted by atomic mass is 9.99. The number of aromatic nitrogens is 4.